The van der Waals surface area contributed by atoms with E-state index in [2.05, 4.69) is 16.1 Å². The third kappa shape index (κ3) is 7.20. The topological polar surface area (TPSA) is 61.8 Å². The molecule has 0 saturated carbocycles. The van der Waals surface area contributed by atoms with Crippen LogP contribution >= 0.6 is 0 Å². The summed E-state index contributed by atoms with van der Waals surface area (Å²) in [6.07, 6.45) is 1.14. The molecule has 0 N–H and O–H groups in total. The molecular formula is C15H20O5. The summed E-state index contributed by atoms with van der Waals surface area (Å²) >= 11 is 0. The van der Waals surface area contributed by atoms with Crippen LogP contribution in [0.2, 0.25) is 0 Å². The van der Waals surface area contributed by atoms with Crippen LogP contribution in [0.15, 0.2) is 36.9 Å². The highest BCUT2D eigenvalue weighted by Crippen LogP contribution is 2.12. The molecule has 1 rings (SSSR count). The summed E-state index contributed by atoms with van der Waals surface area (Å²) in [6.45, 7) is 7.91. The first kappa shape index (κ1) is 17.7. The van der Waals surface area contributed by atoms with Crippen molar-refractivity contribution >= 4 is 11.9 Å². The molecule has 0 unspecified atom stereocenters. The van der Waals surface area contributed by atoms with Crippen LogP contribution in [0.5, 0.6) is 5.75 Å². The van der Waals surface area contributed by atoms with Gasteiger partial charge in [0.25, 0.3) is 0 Å². The van der Waals surface area contributed by atoms with E-state index in [1.165, 1.54) is 7.11 Å². The maximum atomic E-state index is 11.0. The lowest BCUT2D eigenvalue weighted by molar-refractivity contribution is -0.137. The Bertz CT molecular complexity index is 422. The maximum absolute atomic E-state index is 11.0. The van der Waals surface area contributed by atoms with Gasteiger partial charge < -0.3 is 14.2 Å². The van der Waals surface area contributed by atoms with Crippen molar-refractivity contribution in [3.05, 3.63) is 42.5 Å². The first-order chi connectivity index (χ1) is 9.58. The largest absolute Gasteiger partial charge is 0.494 e. The van der Waals surface area contributed by atoms with Crippen molar-refractivity contribution in [3.8, 4) is 5.75 Å². The van der Waals surface area contributed by atoms with E-state index in [0.717, 1.165) is 11.8 Å². The highest BCUT2D eigenvalue weighted by Gasteiger charge is 2.03. The Balaban J connectivity index is 0.000000441. The minimum absolute atomic E-state index is 0.331. The summed E-state index contributed by atoms with van der Waals surface area (Å²) in [6, 6.07) is 6.85. The predicted molar refractivity (Wildman–Crippen MR) is 75.8 cm³/mol. The van der Waals surface area contributed by atoms with Gasteiger partial charge in [-0.05, 0) is 38.1 Å². The molecule has 110 valence electrons. The van der Waals surface area contributed by atoms with Gasteiger partial charge in [0, 0.05) is 6.08 Å². The van der Waals surface area contributed by atoms with Crippen LogP contribution in [0.3, 0.4) is 0 Å². The average Bonchev–Trinajstić information content (AvgIpc) is 2.48. The van der Waals surface area contributed by atoms with E-state index >= 15 is 0 Å². The Labute approximate surface area is 119 Å². The Morgan fingerprint density at radius 1 is 1.15 bits per heavy atom. The molecule has 0 aliphatic rings. The van der Waals surface area contributed by atoms with Crippen LogP contribution in [-0.4, -0.2) is 32.3 Å². The third-order valence-corrected chi connectivity index (χ3v) is 2.04. The molecule has 0 saturated heterocycles. The van der Waals surface area contributed by atoms with Crippen LogP contribution in [0.1, 0.15) is 24.2 Å². The number of rotatable bonds is 5. The SMILES string of the molecule is C=CC(=O)OCC.CCOc1ccc(C(=O)OC)cc1. The van der Waals surface area contributed by atoms with E-state index in [4.69, 9.17) is 4.74 Å². The molecule has 5 nitrogen and oxygen atoms in total. The molecule has 5 heteroatoms. The zero-order valence-electron chi connectivity index (χ0n) is 12.0. The second-order valence-corrected chi connectivity index (χ2v) is 3.41. The molecule has 0 atom stereocenters. The van der Waals surface area contributed by atoms with Gasteiger partial charge in [0.2, 0.25) is 0 Å². The monoisotopic (exact) mass is 280 g/mol. The second-order valence-electron chi connectivity index (χ2n) is 3.41. The molecule has 0 aliphatic heterocycles. The number of ether oxygens (including phenoxy) is 3. The van der Waals surface area contributed by atoms with Crippen molar-refractivity contribution in [1.29, 1.82) is 0 Å². The van der Waals surface area contributed by atoms with Crippen molar-refractivity contribution in [2.24, 2.45) is 0 Å². The van der Waals surface area contributed by atoms with Gasteiger partial charge in [-0.15, -0.1) is 0 Å². The number of hydrogen-bond acceptors (Lipinski definition) is 5. The van der Waals surface area contributed by atoms with Crippen LogP contribution in [0, 0.1) is 0 Å². The molecule has 1 aromatic rings. The lowest BCUT2D eigenvalue weighted by atomic mass is 10.2. The fourth-order valence-electron chi connectivity index (χ4n) is 1.17. The first-order valence-electron chi connectivity index (χ1n) is 6.19. The van der Waals surface area contributed by atoms with E-state index in [-0.39, 0.29) is 11.9 Å². The molecule has 0 amide bonds. The highest BCUT2D eigenvalue weighted by atomic mass is 16.5. The lowest BCUT2D eigenvalue weighted by Crippen LogP contribution is -2.00. The van der Waals surface area contributed by atoms with Gasteiger partial charge in [-0.1, -0.05) is 6.58 Å². The number of carbonyl (C=O) groups excluding carboxylic acids is 2. The zero-order chi connectivity index (χ0) is 15.4. The fourth-order valence-corrected chi connectivity index (χ4v) is 1.17. The summed E-state index contributed by atoms with van der Waals surface area (Å²) in [5.41, 5.74) is 0.533. The van der Waals surface area contributed by atoms with E-state index < -0.39 is 0 Å². The second kappa shape index (κ2) is 10.6. The molecule has 1 aromatic carbocycles. The van der Waals surface area contributed by atoms with Gasteiger partial charge in [0.1, 0.15) is 5.75 Å². The van der Waals surface area contributed by atoms with E-state index in [1.54, 1.807) is 31.2 Å². The quantitative estimate of drug-likeness (QED) is 0.613. The van der Waals surface area contributed by atoms with Crippen LogP contribution < -0.4 is 4.74 Å². The third-order valence-electron chi connectivity index (χ3n) is 2.04. The van der Waals surface area contributed by atoms with Gasteiger partial charge in [0.15, 0.2) is 0 Å². The van der Waals surface area contributed by atoms with Crippen molar-refractivity contribution in [2.75, 3.05) is 20.3 Å². The number of benzene rings is 1. The minimum atomic E-state index is -0.359. The summed E-state index contributed by atoms with van der Waals surface area (Å²) in [4.78, 5) is 21.1. The van der Waals surface area contributed by atoms with Crippen molar-refractivity contribution < 1.29 is 23.8 Å². The molecule has 0 bridgehead atoms. The van der Waals surface area contributed by atoms with Crippen LogP contribution in [0.25, 0.3) is 0 Å². The highest BCUT2D eigenvalue weighted by molar-refractivity contribution is 5.89. The summed E-state index contributed by atoms with van der Waals surface area (Å²) in [7, 11) is 1.36. The molecule has 0 aromatic heterocycles. The molecule has 0 spiro atoms. The van der Waals surface area contributed by atoms with Gasteiger partial charge in [0.05, 0.1) is 25.9 Å². The number of hydrogen-bond donors (Lipinski definition) is 0. The van der Waals surface area contributed by atoms with Crippen molar-refractivity contribution in [1.82, 2.24) is 0 Å². The van der Waals surface area contributed by atoms with Gasteiger partial charge in [-0.25, -0.2) is 9.59 Å². The molecule has 20 heavy (non-hydrogen) atoms. The predicted octanol–water partition coefficient (Wildman–Crippen LogP) is 2.61. The Kier molecular flexibility index (Phi) is 9.39. The van der Waals surface area contributed by atoms with Crippen LogP contribution in [-0.2, 0) is 14.3 Å². The molecule has 0 fully saturated rings. The Morgan fingerprint density at radius 2 is 1.75 bits per heavy atom. The molecular weight excluding hydrogens is 260 g/mol. The Hall–Kier alpha value is -2.30. The lowest BCUT2D eigenvalue weighted by Gasteiger charge is -2.03. The minimum Gasteiger partial charge on any atom is -0.494 e. The van der Waals surface area contributed by atoms with Gasteiger partial charge in [-0.2, -0.15) is 0 Å². The van der Waals surface area contributed by atoms with E-state index in [0.29, 0.717) is 18.8 Å². The van der Waals surface area contributed by atoms with Crippen molar-refractivity contribution in [2.45, 2.75) is 13.8 Å². The fraction of sp³-hybridized carbons (Fsp3) is 0.333. The molecule has 0 radical (unpaired) electrons. The smallest absolute Gasteiger partial charge is 0.337 e. The van der Waals surface area contributed by atoms with E-state index in [1.807, 2.05) is 6.92 Å². The normalized spacial score (nSPS) is 8.75. The molecule has 0 heterocycles. The van der Waals surface area contributed by atoms with E-state index in [9.17, 15) is 9.59 Å². The standard InChI is InChI=1S/C10H12O3.C5H8O2/c1-3-13-9-6-4-8(5-7-9)10(11)12-2;1-3-5(6)7-4-2/h4-7H,3H2,1-2H3;3H,1,4H2,2H3. The van der Waals surface area contributed by atoms with Crippen LogP contribution in [0.4, 0.5) is 0 Å². The first-order valence-corrected chi connectivity index (χ1v) is 6.19. The average molecular weight is 280 g/mol. The summed E-state index contributed by atoms with van der Waals surface area (Å²) in [5.74, 6) is 0.0701. The maximum Gasteiger partial charge on any atom is 0.337 e. The number of esters is 2. The number of carbonyl (C=O) groups is 2. The van der Waals surface area contributed by atoms with Crippen molar-refractivity contribution in [3.63, 3.8) is 0 Å². The molecule has 0 aliphatic carbocycles. The van der Waals surface area contributed by atoms with Gasteiger partial charge >= 0.3 is 11.9 Å². The number of methoxy groups -OCH3 is 1. The summed E-state index contributed by atoms with van der Waals surface area (Å²) in [5, 5.41) is 0. The zero-order valence-corrected chi connectivity index (χ0v) is 12.0. The van der Waals surface area contributed by atoms with Gasteiger partial charge in [-0.3, -0.25) is 0 Å². The Morgan fingerprint density at radius 3 is 2.10 bits per heavy atom. The summed E-state index contributed by atoms with van der Waals surface area (Å²) < 4.78 is 14.2.